The first-order valence-electron chi connectivity index (χ1n) is 4.68. The molecule has 0 saturated carbocycles. The lowest BCUT2D eigenvalue weighted by atomic mass is 10.2. The van der Waals surface area contributed by atoms with Gasteiger partial charge < -0.3 is 9.94 Å². The van der Waals surface area contributed by atoms with Gasteiger partial charge in [-0.25, -0.2) is 0 Å². The third-order valence-corrected chi connectivity index (χ3v) is 1.52. The molecule has 0 aliphatic heterocycles. The van der Waals surface area contributed by atoms with Crippen molar-refractivity contribution in [3.8, 4) is 0 Å². The van der Waals surface area contributed by atoms with Crippen LogP contribution in [0.2, 0.25) is 0 Å². The van der Waals surface area contributed by atoms with Crippen molar-refractivity contribution in [2.24, 2.45) is 5.92 Å². The van der Waals surface area contributed by atoms with Gasteiger partial charge in [0, 0.05) is 0 Å². The van der Waals surface area contributed by atoms with Crippen molar-refractivity contribution in [1.82, 2.24) is 5.48 Å². The van der Waals surface area contributed by atoms with Crippen LogP contribution in [0.3, 0.4) is 0 Å². The molecule has 2 N–H and O–H groups in total. The minimum absolute atomic E-state index is 0.406. The van der Waals surface area contributed by atoms with Gasteiger partial charge in [0.15, 0.2) is 0 Å². The predicted molar refractivity (Wildman–Crippen MR) is 50.3 cm³/mol. The smallest absolute Gasteiger partial charge is 0.323 e. The minimum atomic E-state index is -0.856. The van der Waals surface area contributed by atoms with Crippen molar-refractivity contribution in [3.63, 3.8) is 0 Å². The Kier molecular flexibility index (Phi) is 6.54. The Bertz CT molecular complexity index is 148. The molecule has 0 aromatic carbocycles. The standard InChI is InChI=1S/C9H19NO3/c1-4-5-8(9(11)12)10-13-6-7(2)3/h7-8,10H,4-6H2,1-3H3,(H,11,12). The first-order valence-corrected chi connectivity index (χ1v) is 4.68. The number of carboxylic acids is 1. The number of nitrogens with one attached hydrogen (secondary N) is 1. The van der Waals surface area contributed by atoms with Crippen LogP contribution >= 0.6 is 0 Å². The highest BCUT2D eigenvalue weighted by Crippen LogP contribution is 1.98. The van der Waals surface area contributed by atoms with Crippen LogP contribution in [0.15, 0.2) is 0 Å². The van der Waals surface area contributed by atoms with E-state index in [9.17, 15) is 4.79 Å². The van der Waals surface area contributed by atoms with Crippen molar-refractivity contribution >= 4 is 5.97 Å². The van der Waals surface area contributed by atoms with Gasteiger partial charge in [-0.3, -0.25) is 4.79 Å². The number of carboxylic acid groups (broad SMARTS) is 1. The second-order valence-electron chi connectivity index (χ2n) is 3.50. The van der Waals surface area contributed by atoms with Crippen molar-refractivity contribution in [2.75, 3.05) is 6.61 Å². The molecular weight excluding hydrogens is 170 g/mol. The van der Waals surface area contributed by atoms with Gasteiger partial charge in [0.25, 0.3) is 0 Å². The van der Waals surface area contributed by atoms with Crippen LogP contribution in [-0.4, -0.2) is 23.7 Å². The number of carbonyl (C=O) groups is 1. The van der Waals surface area contributed by atoms with Crippen LogP contribution in [0.1, 0.15) is 33.6 Å². The summed E-state index contributed by atoms with van der Waals surface area (Å²) in [6.45, 7) is 6.50. The maximum absolute atomic E-state index is 10.6. The number of aliphatic carboxylic acids is 1. The molecule has 0 heterocycles. The Morgan fingerprint density at radius 2 is 2.15 bits per heavy atom. The lowest BCUT2D eigenvalue weighted by Crippen LogP contribution is -2.37. The maximum Gasteiger partial charge on any atom is 0.323 e. The monoisotopic (exact) mass is 189 g/mol. The molecule has 0 spiro atoms. The molecule has 0 aromatic heterocycles. The quantitative estimate of drug-likeness (QED) is 0.595. The highest BCUT2D eigenvalue weighted by Gasteiger charge is 2.15. The summed E-state index contributed by atoms with van der Waals surface area (Å²) in [4.78, 5) is 15.7. The Labute approximate surface area is 79.2 Å². The van der Waals surface area contributed by atoms with E-state index in [1.54, 1.807) is 0 Å². The van der Waals surface area contributed by atoms with Gasteiger partial charge in [0.05, 0.1) is 6.61 Å². The van der Waals surface area contributed by atoms with E-state index in [2.05, 4.69) is 5.48 Å². The highest BCUT2D eigenvalue weighted by molar-refractivity contribution is 5.73. The van der Waals surface area contributed by atoms with Crippen molar-refractivity contribution in [3.05, 3.63) is 0 Å². The third-order valence-electron chi connectivity index (χ3n) is 1.52. The van der Waals surface area contributed by atoms with Gasteiger partial charge in [-0.15, -0.1) is 0 Å². The molecule has 0 saturated heterocycles. The number of hydrogen-bond acceptors (Lipinski definition) is 3. The Balaban J connectivity index is 3.63. The summed E-state index contributed by atoms with van der Waals surface area (Å²) in [6.07, 6.45) is 1.42. The molecule has 78 valence electrons. The fraction of sp³-hybridized carbons (Fsp3) is 0.889. The molecule has 0 rings (SSSR count). The summed E-state index contributed by atoms with van der Waals surface area (Å²) < 4.78 is 0. The predicted octanol–water partition coefficient (Wildman–Crippen LogP) is 1.42. The Hall–Kier alpha value is -0.610. The normalized spacial score (nSPS) is 13.2. The zero-order valence-electron chi connectivity index (χ0n) is 8.54. The highest BCUT2D eigenvalue weighted by atomic mass is 16.6. The van der Waals surface area contributed by atoms with Crippen LogP contribution in [0.4, 0.5) is 0 Å². The molecule has 4 heteroatoms. The van der Waals surface area contributed by atoms with Gasteiger partial charge in [0.1, 0.15) is 6.04 Å². The number of hydroxylamine groups is 1. The summed E-state index contributed by atoms with van der Waals surface area (Å²) in [5.41, 5.74) is 2.55. The van der Waals surface area contributed by atoms with Gasteiger partial charge in [-0.2, -0.15) is 5.48 Å². The fourth-order valence-corrected chi connectivity index (χ4v) is 0.837. The number of rotatable bonds is 7. The summed E-state index contributed by atoms with van der Waals surface area (Å²) in [7, 11) is 0. The lowest BCUT2D eigenvalue weighted by Gasteiger charge is -2.14. The average molecular weight is 189 g/mol. The van der Waals surface area contributed by atoms with Crippen LogP contribution in [-0.2, 0) is 9.63 Å². The van der Waals surface area contributed by atoms with Crippen LogP contribution in [0.25, 0.3) is 0 Å². The van der Waals surface area contributed by atoms with E-state index in [1.807, 2.05) is 20.8 Å². The van der Waals surface area contributed by atoms with Crippen LogP contribution in [0.5, 0.6) is 0 Å². The molecule has 13 heavy (non-hydrogen) atoms. The van der Waals surface area contributed by atoms with Crippen LogP contribution in [0, 0.1) is 5.92 Å². The van der Waals surface area contributed by atoms with E-state index in [0.29, 0.717) is 18.9 Å². The molecule has 0 aromatic rings. The molecule has 1 unspecified atom stereocenters. The summed E-state index contributed by atoms with van der Waals surface area (Å²) in [5, 5.41) is 8.73. The molecule has 0 radical (unpaired) electrons. The third kappa shape index (κ3) is 6.54. The van der Waals surface area contributed by atoms with Gasteiger partial charge in [-0.1, -0.05) is 27.2 Å². The van der Waals surface area contributed by atoms with E-state index >= 15 is 0 Å². The largest absolute Gasteiger partial charge is 0.480 e. The fourth-order valence-electron chi connectivity index (χ4n) is 0.837. The molecule has 0 aliphatic carbocycles. The lowest BCUT2D eigenvalue weighted by molar-refractivity contribution is -0.144. The van der Waals surface area contributed by atoms with Crippen molar-refractivity contribution in [2.45, 2.75) is 39.7 Å². The first-order chi connectivity index (χ1) is 6.07. The zero-order chi connectivity index (χ0) is 10.3. The SMILES string of the molecule is CCCC(NOCC(C)C)C(=O)O. The second-order valence-corrected chi connectivity index (χ2v) is 3.50. The summed E-state index contributed by atoms with van der Waals surface area (Å²) in [6, 6.07) is -0.580. The van der Waals surface area contributed by atoms with E-state index in [0.717, 1.165) is 6.42 Å². The van der Waals surface area contributed by atoms with E-state index in [1.165, 1.54) is 0 Å². The van der Waals surface area contributed by atoms with E-state index < -0.39 is 12.0 Å². The average Bonchev–Trinajstić information content (AvgIpc) is 2.02. The van der Waals surface area contributed by atoms with Crippen LogP contribution < -0.4 is 5.48 Å². The van der Waals surface area contributed by atoms with Crippen molar-refractivity contribution in [1.29, 1.82) is 0 Å². The summed E-state index contributed by atoms with van der Waals surface area (Å²) >= 11 is 0. The van der Waals surface area contributed by atoms with Gasteiger partial charge in [-0.05, 0) is 12.3 Å². The topological polar surface area (TPSA) is 58.6 Å². The van der Waals surface area contributed by atoms with Gasteiger partial charge in [0.2, 0.25) is 0 Å². The molecule has 0 amide bonds. The first kappa shape index (κ1) is 12.4. The second kappa shape index (κ2) is 6.86. The Morgan fingerprint density at radius 3 is 2.54 bits per heavy atom. The molecule has 1 atom stereocenters. The maximum atomic E-state index is 10.6. The van der Waals surface area contributed by atoms with Crippen molar-refractivity contribution < 1.29 is 14.7 Å². The molecule has 0 aliphatic rings. The molecule has 0 bridgehead atoms. The summed E-state index contributed by atoms with van der Waals surface area (Å²) in [5.74, 6) is -0.450. The van der Waals surface area contributed by atoms with Gasteiger partial charge >= 0.3 is 5.97 Å². The minimum Gasteiger partial charge on any atom is -0.480 e. The number of hydrogen-bond donors (Lipinski definition) is 2. The Morgan fingerprint density at radius 1 is 1.54 bits per heavy atom. The van der Waals surface area contributed by atoms with E-state index in [-0.39, 0.29) is 0 Å². The molecule has 4 nitrogen and oxygen atoms in total. The molecule has 0 fully saturated rings. The van der Waals surface area contributed by atoms with E-state index in [4.69, 9.17) is 9.94 Å². The molecular formula is C9H19NO3. The zero-order valence-corrected chi connectivity index (χ0v) is 8.54.